The van der Waals surface area contributed by atoms with Crippen LogP contribution in [0.5, 0.6) is 0 Å². The van der Waals surface area contributed by atoms with Gasteiger partial charge in [0.1, 0.15) is 0 Å². The predicted octanol–water partition coefficient (Wildman–Crippen LogP) is 1.77. The number of nitrogens with zero attached hydrogens (tertiary/aromatic N) is 1. The lowest BCUT2D eigenvalue weighted by molar-refractivity contribution is 0.0717. The Balaban J connectivity index is 2.04. The second kappa shape index (κ2) is 5.47. The average Bonchev–Trinajstić information content (AvgIpc) is 2.32. The smallest absolute Gasteiger partial charge is 0.254 e. The summed E-state index contributed by atoms with van der Waals surface area (Å²) >= 11 is 5.91. The fourth-order valence-electron chi connectivity index (χ4n) is 2.07. The van der Waals surface area contributed by atoms with E-state index >= 15 is 0 Å². The first-order chi connectivity index (χ1) is 8.18. The molecule has 1 fully saturated rings. The van der Waals surface area contributed by atoms with Gasteiger partial charge in [0.05, 0.1) is 22.7 Å². The standard InChI is InChI=1S/C12H15ClN2O2/c13-9-5-6-14-7-8(9)12(17)15-10-3-1-2-4-11(10)16/h5-7,10-11,16H,1-4H2,(H,15,17)/t10-,11-/m1/s1. The summed E-state index contributed by atoms with van der Waals surface area (Å²) in [5.74, 6) is -0.269. The zero-order chi connectivity index (χ0) is 12.3. The van der Waals surface area contributed by atoms with Crippen molar-refractivity contribution in [2.24, 2.45) is 0 Å². The number of pyridine rings is 1. The highest BCUT2D eigenvalue weighted by Gasteiger charge is 2.25. The lowest BCUT2D eigenvalue weighted by Crippen LogP contribution is -2.45. The third-order valence-electron chi connectivity index (χ3n) is 3.06. The van der Waals surface area contributed by atoms with Gasteiger partial charge in [0, 0.05) is 12.4 Å². The molecule has 0 unspecified atom stereocenters. The quantitative estimate of drug-likeness (QED) is 0.846. The number of nitrogens with one attached hydrogen (secondary N) is 1. The summed E-state index contributed by atoms with van der Waals surface area (Å²) in [6.07, 6.45) is 6.12. The number of aliphatic hydroxyl groups excluding tert-OH is 1. The van der Waals surface area contributed by atoms with Crippen LogP contribution in [-0.4, -0.2) is 28.1 Å². The van der Waals surface area contributed by atoms with Gasteiger partial charge in [0.2, 0.25) is 0 Å². The lowest BCUT2D eigenvalue weighted by Gasteiger charge is -2.28. The molecule has 1 aliphatic rings. The van der Waals surface area contributed by atoms with E-state index in [1.807, 2.05) is 0 Å². The first-order valence-electron chi connectivity index (χ1n) is 5.77. The zero-order valence-corrected chi connectivity index (χ0v) is 10.2. The lowest BCUT2D eigenvalue weighted by atomic mass is 9.92. The summed E-state index contributed by atoms with van der Waals surface area (Å²) < 4.78 is 0. The molecule has 1 amide bonds. The summed E-state index contributed by atoms with van der Waals surface area (Å²) in [4.78, 5) is 15.8. The molecule has 1 heterocycles. The second-order valence-electron chi connectivity index (χ2n) is 4.29. The maximum atomic E-state index is 11.9. The molecule has 4 nitrogen and oxygen atoms in total. The highest BCUT2D eigenvalue weighted by Crippen LogP contribution is 2.20. The molecule has 2 rings (SSSR count). The molecular formula is C12H15ClN2O2. The van der Waals surface area contributed by atoms with Gasteiger partial charge in [0.15, 0.2) is 0 Å². The maximum absolute atomic E-state index is 11.9. The third kappa shape index (κ3) is 2.96. The van der Waals surface area contributed by atoms with Crippen LogP contribution in [0.4, 0.5) is 0 Å². The number of amides is 1. The largest absolute Gasteiger partial charge is 0.391 e. The molecule has 0 bridgehead atoms. The molecule has 0 saturated heterocycles. The van der Waals surface area contributed by atoms with Crippen LogP contribution in [0.3, 0.4) is 0 Å². The molecule has 2 N–H and O–H groups in total. The van der Waals surface area contributed by atoms with Gasteiger partial charge >= 0.3 is 0 Å². The molecule has 1 saturated carbocycles. The Morgan fingerprint density at radius 1 is 1.47 bits per heavy atom. The van der Waals surface area contributed by atoms with Crippen LogP contribution in [0, 0.1) is 0 Å². The number of hydrogen-bond acceptors (Lipinski definition) is 3. The minimum Gasteiger partial charge on any atom is -0.391 e. The van der Waals surface area contributed by atoms with Gasteiger partial charge in [-0.05, 0) is 18.9 Å². The van der Waals surface area contributed by atoms with Crippen molar-refractivity contribution in [1.29, 1.82) is 0 Å². The molecule has 1 aromatic heterocycles. The van der Waals surface area contributed by atoms with E-state index in [1.165, 1.54) is 12.4 Å². The molecule has 0 aliphatic heterocycles. The third-order valence-corrected chi connectivity index (χ3v) is 3.39. The molecule has 5 heteroatoms. The van der Waals surface area contributed by atoms with Crippen molar-refractivity contribution < 1.29 is 9.90 Å². The summed E-state index contributed by atoms with van der Waals surface area (Å²) in [7, 11) is 0. The van der Waals surface area contributed by atoms with Crippen molar-refractivity contribution in [3.8, 4) is 0 Å². The molecule has 0 aromatic carbocycles. The van der Waals surface area contributed by atoms with Gasteiger partial charge < -0.3 is 10.4 Å². The van der Waals surface area contributed by atoms with Gasteiger partial charge in [-0.25, -0.2) is 0 Å². The molecule has 0 spiro atoms. The summed E-state index contributed by atoms with van der Waals surface area (Å²) in [5, 5.41) is 13.0. The Labute approximate surface area is 105 Å². The number of aromatic nitrogens is 1. The Kier molecular flexibility index (Phi) is 3.97. The molecular weight excluding hydrogens is 240 g/mol. The Morgan fingerprint density at radius 2 is 2.24 bits per heavy atom. The van der Waals surface area contributed by atoms with Crippen LogP contribution in [0.15, 0.2) is 18.5 Å². The summed E-state index contributed by atoms with van der Waals surface area (Å²) in [6, 6.07) is 1.40. The number of hydrogen-bond donors (Lipinski definition) is 2. The Bertz CT molecular complexity index is 411. The Hall–Kier alpha value is -1.13. The topological polar surface area (TPSA) is 62.2 Å². The fourth-order valence-corrected chi connectivity index (χ4v) is 2.26. The van der Waals surface area contributed by atoms with Crippen molar-refractivity contribution in [3.63, 3.8) is 0 Å². The fraction of sp³-hybridized carbons (Fsp3) is 0.500. The van der Waals surface area contributed by atoms with Gasteiger partial charge in [-0.3, -0.25) is 9.78 Å². The number of halogens is 1. The van der Waals surface area contributed by atoms with E-state index in [0.717, 1.165) is 25.7 Å². The van der Waals surface area contributed by atoms with Crippen LogP contribution in [0.25, 0.3) is 0 Å². The zero-order valence-electron chi connectivity index (χ0n) is 9.40. The minimum atomic E-state index is -0.455. The molecule has 1 aromatic rings. The molecule has 17 heavy (non-hydrogen) atoms. The average molecular weight is 255 g/mol. The van der Waals surface area contributed by atoms with Crippen LogP contribution >= 0.6 is 11.6 Å². The number of aliphatic hydroxyl groups is 1. The van der Waals surface area contributed by atoms with Crippen LogP contribution < -0.4 is 5.32 Å². The number of carbonyl (C=O) groups excluding carboxylic acids is 1. The van der Waals surface area contributed by atoms with Crippen molar-refractivity contribution in [3.05, 3.63) is 29.0 Å². The van der Waals surface area contributed by atoms with Crippen molar-refractivity contribution in [2.75, 3.05) is 0 Å². The number of carbonyl (C=O) groups is 1. The van der Waals surface area contributed by atoms with Gasteiger partial charge in [-0.15, -0.1) is 0 Å². The SMILES string of the molecule is O=C(N[C@@H]1CCCC[C@H]1O)c1cnccc1Cl. The normalized spacial score (nSPS) is 24.4. The maximum Gasteiger partial charge on any atom is 0.254 e. The molecule has 0 radical (unpaired) electrons. The monoisotopic (exact) mass is 254 g/mol. The molecule has 1 aliphatic carbocycles. The number of rotatable bonds is 2. The van der Waals surface area contributed by atoms with Gasteiger partial charge in [-0.2, -0.15) is 0 Å². The van der Waals surface area contributed by atoms with E-state index in [4.69, 9.17) is 11.6 Å². The first kappa shape index (κ1) is 12.3. The predicted molar refractivity (Wildman–Crippen MR) is 65.0 cm³/mol. The Morgan fingerprint density at radius 3 is 2.94 bits per heavy atom. The van der Waals surface area contributed by atoms with Gasteiger partial charge in [0.25, 0.3) is 5.91 Å². The van der Waals surface area contributed by atoms with E-state index in [1.54, 1.807) is 6.07 Å². The first-order valence-corrected chi connectivity index (χ1v) is 6.14. The van der Waals surface area contributed by atoms with E-state index in [0.29, 0.717) is 10.6 Å². The summed E-state index contributed by atoms with van der Waals surface area (Å²) in [5.41, 5.74) is 0.354. The van der Waals surface area contributed by atoms with Crippen LogP contribution in [-0.2, 0) is 0 Å². The second-order valence-corrected chi connectivity index (χ2v) is 4.69. The summed E-state index contributed by atoms with van der Waals surface area (Å²) in [6.45, 7) is 0. The van der Waals surface area contributed by atoms with Crippen molar-refractivity contribution in [2.45, 2.75) is 37.8 Å². The van der Waals surface area contributed by atoms with Gasteiger partial charge in [-0.1, -0.05) is 24.4 Å². The van der Waals surface area contributed by atoms with Crippen molar-refractivity contribution in [1.82, 2.24) is 10.3 Å². The van der Waals surface area contributed by atoms with E-state index in [9.17, 15) is 9.90 Å². The highest BCUT2D eigenvalue weighted by molar-refractivity contribution is 6.33. The molecule has 92 valence electrons. The van der Waals surface area contributed by atoms with Crippen LogP contribution in [0.1, 0.15) is 36.0 Å². The van der Waals surface area contributed by atoms with Crippen LogP contribution in [0.2, 0.25) is 5.02 Å². The van der Waals surface area contributed by atoms with Crippen molar-refractivity contribution >= 4 is 17.5 Å². The molecule has 2 atom stereocenters. The highest BCUT2D eigenvalue weighted by atomic mass is 35.5. The minimum absolute atomic E-state index is 0.174. The van der Waals surface area contributed by atoms with E-state index in [-0.39, 0.29) is 11.9 Å². The van der Waals surface area contributed by atoms with E-state index in [2.05, 4.69) is 10.3 Å². The van der Waals surface area contributed by atoms with E-state index < -0.39 is 6.10 Å².